The number of ether oxygens (including phenoxy) is 1. The van der Waals surface area contributed by atoms with Crippen molar-refractivity contribution in [3.63, 3.8) is 0 Å². The van der Waals surface area contributed by atoms with Gasteiger partial charge in [0.1, 0.15) is 12.4 Å². The van der Waals surface area contributed by atoms with Crippen LogP contribution >= 0.6 is 0 Å². The molecule has 1 heterocycles. The maximum Gasteiger partial charge on any atom is 0.240 e. The first-order chi connectivity index (χ1) is 12.2. The van der Waals surface area contributed by atoms with Crippen LogP contribution in [0.2, 0.25) is 0 Å². The molecule has 1 N–H and O–H groups in total. The molecule has 0 saturated carbocycles. The first kappa shape index (κ1) is 17.8. The van der Waals surface area contributed by atoms with Gasteiger partial charge in [-0.05, 0) is 11.6 Å². The van der Waals surface area contributed by atoms with Crippen LogP contribution in [0.4, 0.5) is 8.78 Å². The highest BCUT2D eigenvalue weighted by Gasteiger charge is 2.27. The maximum atomic E-state index is 13.2. The molecule has 1 aliphatic rings. The Kier molecular flexibility index (Phi) is 6.36. The standard InChI is InChI=1S/C20H24F2N2O/c21-20(22)14-18(24-12-10-23-11-13-24)17-8-4-5-9-19(17)25-15-16-6-2-1-3-7-16/h1-9,18,20,23H,10-15H2/t18-/m1/s1. The molecule has 1 saturated heterocycles. The van der Waals surface area contributed by atoms with E-state index in [0.29, 0.717) is 12.4 Å². The average molecular weight is 346 g/mol. The third-order valence-electron chi connectivity index (χ3n) is 4.51. The predicted octanol–water partition coefficient (Wildman–Crippen LogP) is 3.87. The summed E-state index contributed by atoms with van der Waals surface area (Å²) in [7, 11) is 0. The normalized spacial score (nSPS) is 16.8. The maximum absolute atomic E-state index is 13.2. The average Bonchev–Trinajstić information content (AvgIpc) is 2.66. The van der Waals surface area contributed by atoms with Crippen LogP contribution in [0.15, 0.2) is 54.6 Å². The molecule has 3 rings (SSSR count). The summed E-state index contributed by atoms with van der Waals surface area (Å²) in [6.07, 6.45) is -2.52. The molecule has 1 fully saturated rings. The Hall–Kier alpha value is -1.98. The summed E-state index contributed by atoms with van der Waals surface area (Å²) in [6.45, 7) is 3.62. The second-order valence-electron chi connectivity index (χ2n) is 6.24. The van der Waals surface area contributed by atoms with Crippen LogP contribution in [0.5, 0.6) is 5.75 Å². The van der Waals surface area contributed by atoms with Gasteiger partial charge < -0.3 is 10.1 Å². The van der Waals surface area contributed by atoms with E-state index in [1.165, 1.54) is 0 Å². The molecule has 0 radical (unpaired) electrons. The molecule has 1 atom stereocenters. The van der Waals surface area contributed by atoms with E-state index in [0.717, 1.165) is 37.3 Å². The van der Waals surface area contributed by atoms with Gasteiger partial charge in [0, 0.05) is 44.2 Å². The van der Waals surface area contributed by atoms with E-state index in [4.69, 9.17) is 4.74 Å². The lowest BCUT2D eigenvalue weighted by Crippen LogP contribution is -2.45. The number of alkyl halides is 2. The van der Waals surface area contributed by atoms with Crippen molar-refractivity contribution < 1.29 is 13.5 Å². The number of hydrogen-bond acceptors (Lipinski definition) is 3. The molecule has 5 heteroatoms. The van der Waals surface area contributed by atoms with Gasteiger partial charge in [0.25, 0.3) is 0 Å². The summed E-state index contributed by atoms with van der Waals surface area (Å²) in [5, 5.41) is 3.28. The Morgan fingerprint density at radius 3 is 2.36 bits per heavy atom. The molecule has 3 nitrogen and oxygen atoms in total. The molecule has 0 aliphatic carbocycles. The van der Waals surface area contributed by atoms with Crippen LogP contribution in [-0.2, 0) is 6.61 Å². The lowest BCUT2D eigenvalue weighted by molar-refractivity contribution is 0.0725. The monoisotopic (exact) mass is 346 g/mol. The fourth-order valence-electron chi connectivity index (χ4n) is 3.26. The molecule has 2 aromatic carbocycles. The van der Waals surface area contributed by atoms with E-state index in [2.05, 4.69) is 10.2 Å². The van der Waals surface area contributed by atoms with Gasteiger partial charge in [-0.3, -0.25) is 4.90 Å². The molecular formula is C20H24F2N2O. The third kappa shape index (κ3) is 5.00. The Bertz CT molecular complexity index is 645. The molecule has 134 valence electrons. The van der Waals surface area contributed by atoms with Crippen LogP contribution in [0.3, 0.4) is 0 Å². The minimum Gasteiger partial charge on any atom is -0.489 e. The minimum absolute atomic E-state index is 0.175. The lowest BCUT2D eigenvalue weighted by atomic mass is 10.00. The van der Waals surface area contributed by atoms with Crippen molar-refractivity contribution in [1.82, 2.24) is 10.2 Å². The van der Waals surface area contributed by atoms with Gasteiger partial charge in [-0.2, -0.15) is 0 Å². The molecule has 0 amide bonds. The van der Waals surface area contributed by atoms with Crippen molar-refractivity contribution in [3.05, 3.63) is 65.7 Å². The van der Waals surface area contributed by atoms with Gasteiger partial charge in [0.15, 0.2) is 0 Å². The van der Waals surface area contributed by atoms with Crippen LogP contribution in [0.25, 0.3) is 0 Å². The highest BCUT2D eigenvalue weighted by atomic mass is 19.3. The van der Waals surface area contributed by atoms with Gasteiger partial charge >= 0.3 is 0 Å². The Labute approximate surface area is 147 Å². The van der Waals surface area contributed by atoms with Gasteiger partial charge in [0.05, 0.1) is 0 Å². The largest absolute Gasteiger partial charge is 0.489 e. The van der Waals surface area contributed by atoms with E-state index < -0.39 is 6.43 Å². The van der Waals surface area contributed by atoms with Gasteiger partial charge in [0.2, 0.25) is 6.43 Å². The van der Waals surface area contributed by atoms with Crippen LogP contribution in [-0.4, -0.2) is 37.5 Å². The number of para-hydroxylation sites is 1. The summed E-state index contributed by atoms with van der Waals surface area (Å²) in [6, 6.07) is 17.1. The van der Waals surface area contributed by atoms with Crippen molar-refractivity contribution in [2.45, 2.75) is 25.5 Å². The smallest absolute Gasteiger partial charge is 0.240 e. The van der Waals surface area contributed by atoms with E-state index in [-0.39, 0.29) is 12.5 Å². The zero-order chi connectivity index (χ0) is 17.5. The van der Waals surface area contributed by atoms with Crippen LogP contribution < -0.4 is 10.1 Å². The highest BCUT2D eigenvalue weighted by molar-refractivity contribution is 5.36. The van der Waals surface area contributed by atoms with E-state index in [1.54, 1.807) is 0 Å². The van der Waals surface area contributed by atoms with E-state index in [9.17, 15) is 8.78 Å². The van der Waals surface area contributed by atoms with E-state index >= 15 is 0 Å². The SMILES string of the molecule is FC(F)C[C@H](c1ccccc1OCc1ccccc1)N1CCNCC1. The summed E-state index contributed by atoms with van der Waals surface area (Å²) in [5.74, 6) is 0.690. The fraction of sp³-hybridized carbons (Fsp3) is 0.400. The second kappa shape index (κ2) is 8.92. The van der Waals surface area contributed by atoms with Gasteiger partial charge in [-0.1, -0.05) is 48.5 Å². The number of halogens is 2. The number of benzene rings is 2. The Morgan fingerprint density at radius 2 is 1.64 bits per heavy atom. The number of nitrogens with one attached hydrogen (secondary N) is 1. The minimum atomic E-state index is -2.35. The van der Waals surface area contributed by atoms with Crippen LogP contribution in [0, 0.1) is 0 Å². The van der Waals surface area contributed by atoms with Crippen molar-refractivity contribution in [1.29, 1.82) is 0 Å². The van der Waals surface area contributed by atoms with Crippen molar-refractivity contribution >= 4 is 0 Å². The van der Waals surface area contributed by atoms with Gasteiger partial charge in [-0.25, -0.2) is 8.78 Å². The molecule has 0 spiro atoms. The molecule has 0 bridgehead atoms. The highest BCUT2D eigenvalue weighted by Crippen LogP contribution is 2.34. The second-order valence-corrected chi connectivity index (χ2v) is 6.24. The number of hydrogen-bond donors (Lipinski definition) is 1. The Morgan fingerprint density at radius 1 is 0.960 bits per heavy atom. The molecule has 25 heavy (non-hydrogen) atoms. The van der Waals surface area contributed by atoms with Gasteiger partial charge in [-0.15, -0.1) is 0 Å². The van der Waals surface area contributed by atoms with E-state index in [1.807, 2.05) is 54.6 Å². The quantitative estimate of drug-likeness (QED) is 0.824. The molecule has 0 unspecified atom stereocenters. The van der Waals surface area contributed by atoms with Crippen molar-refractivity contribution in [3.8, 4) is 5.75 Å². The first-order valence-electron chi connectivity index (χ1n) is 8.72. The third-order valence-corrected chi connectivity index (χ3v) is 4.51. The zero-order valence-corrected chi connectivity index (χ0v) is 14.2. The molecule has 2 aromatic rings. The molecular weight excluding hydrogens is 322 g/mol. The summed E-state index contributed by atoms with van der Waals surface area (Å²) in [5.41, 5.74) is 1.91. The number of nitrogens with zero attached hydrogens (tertiary/aromatic N) is 1. The number of rotatable bonds is 7. The lowest BCUT2D eigenvalue weighted by Gasteiger charge is -2.35. The summed E-state index contributed by atoms with van der Waals surface area (Å²) < 4.78 is 32.4. The first-order valence-corrected chi connectivity index (χ1v) is 8.72. The number of piperazine rings is 1. The van der Waals surface area contributed by atoms with Crippen LogP contribution in [0.1, 0.15) is 23.6 Å². The van der Waals surface area contributed by atoms with Crippen molar-refractivity contribution in [2.75, 3.05) is 26.2 Å². The topological polar surface area (TPSA) is 24.5 Å². The Balaban J connectivity index is 1.80. The molecule has 0 aromatic heterocycles. The molecule has 1 aliphatic heterocycles. The van der Waals surface area contributed by atoms with Crippen molar-refractivity contribution in [2.24, 2.45) is 0 Å². The predicted molar refractivity (Wildman–Crippen MR) is 95.0 cm³/mol. The fourth-order valence-corrected chi connectivity index (χ4v) is 3.26. The zero-order valence-electron chi connectivity index (χ0n) is 14.2. The summed E-state index contributed by atoms with van der Waals surface area (Å²) in [4.78, 5) is 2.13. The summed E-state index contributed by atoms with van der Waals surface area (Å²) >= 11 is 0.